The summed E-state index contributed by atoms with van der Waals surface area (Å²) in [6.07, 6.45) is 0. The highest BCUT2D eigenvalue weighted by Crippen LogP contribution is 2.41. The number of thiophene rings is 1. The molecule has 144 valence electrons. The Morgan fingerprint density at radius 1 is 0.964 bits per heavy atom. The van der Waals surface area contributed by atoms with E-state index in [-0.39, 0.29) is 4.90 Å². The van der Waals surface area contributed by atoms with Crippen molar-refractivity contribution in [3.8, 4) is 11.3 Å². The van der Waals surface area contributed by atoms with E-state index in [1.54, 1.807) is 6.07 Å². The van der Waals surface area contributed by atoms with Crippen LogP contribution in [0.4, 0.5) is 5.69 Å². The van der Waals surface area contributed by atoms with E-state index in [1.165, 1.54) is 11.3 Å². The van der Waals surface area contributed by atoms with Gasteiger partial charge in [0.05, 0.1) is 16.9 Å². The van der Waals surface area contributed by atoms with Gasteiger partial charge in [0.15, 0.2) is 5.76 Å². The third-order valence-corrected chi connectivity index (χ3v) is 7.58. The van der Waals surface area contributed by atoms with Gasteiger partial charge in [0.2, 0.25) is 0 Å². The summed E-state index contributed by atoms with van der Waals surface area (Å²) in [7, 11) is -3.83. The Kier molecular flexibility index (Phi) is 4.51. The number of nitrogens with one attached hydrogen (secondary N) is 1. The summed E-state index contributed by atoms with van der Waals surface area (Å²) in [6.45, 7) is 7.46. The van der Waals surface area contributed by atoms with Crippen molar-refractivity contribution in [2.75, 3.05) is 4.72 Å². The quantitative estimate of drug-likeness (QED) is 0.474. The maximum absolute atomic E-state index is 13.4. The smallest absolute Gasteiger partial charge is 0.263 e. The van der Waals surface area contributed by atoms with E-state index in [1.807, 2.05) is 64.1 Å². The van der Waals surface area contributed by atoms with Crippen molar-refractivity contribution >= 4 is 37.8 Å². The van der Waals surface area contributed by atoms with Gasteiger partial charge in [-0.15, -0.1) is 11.3 Å². The molecule has 0 radical (unpaired) electrons. The van der Waals surface area contributed by atoms with Gasteiger partial charge in [-0.25, -0.2) is 8.42 Å². The number of hydrogen-bond acceptors (Lipinski definition) is 5. The molecular formula is C21H20N2O3S2. The number of aromatic nitrogens is 1. The van der Waals surface area contributed by atoms with Crippen LogP contribution in [0.15, 0.2) is 51.9 Å². The first-order chi connectivity index (χ1) is 13.3. The molecule has 0 fully saturated rings. The molecule has 1 N–H and O–H groups in total. The Morgan fingerprint density at radius 3 is 2.39 bits per heavy atom. The van der Waals surface area contributed by atoms with Crippen molar-refractivity contribution in [2.24, 2.45) is 0 Å². The van der Waals surface area contributed by atoms with Gasteiger partial charge in [-0.1, -0.05) is 41.6 Å². The molecule has 28 heavy (non-hydrogen) atoms. The third-order valence-electron chi connectivity index (χ3n) is 4.89. The molecule has 0 unspecified atom stereocenters. The third kappa shape index (κ3) is 3.00. The molecule has 2 aromatic heterocycles. The molecule has 0 bridgehead atoms. The molecule has 0 aliphatic carbocycles. The van der Waals surface area contributed by atoms with Crippen LogP contribution < -0.4 is 4.72 Å². The van der Waals surface area contributed by atoms with Gasteiger partial charge in [-0.05, 0) is 39.1 Å². The number of benzene rings is 2. The summed E-state index contributed by atoms with van der Waals surface area (Å²) in [5.74, 6) is 0.512. The molecule has 5 nitrogen and oxygen atoms in total. The second-order valence-electron chi connectivity index (χ2n) is 6.77. The Hall–Kier alpha value is -2.64. The average Bonchev–Trinajstić information content (AvgIpc) is 3.13. The lowest BCUT2D eigenvalue weighted by Crippen LogP contribution is -2.14. The van der Waals surface area contributed by atoms with E-state index in [4.69, 9.17) is 4.52 Å². The van der Waals surface area contributed by atoms with Gasteiger partial charge in [-0.3, -0.25) is 4.72 Å². The highest BCUT2D eigenvalue weighted by atomic mass is 32.2. The Morgan fingerprint density at radius 2 is 1.68 bits per heavy atom. The van der Waals surface area contributed by atoms with E-state index in [0.717, 1.165) is 26.9 Å². The van der Waals surface area contributed by atoms with E-state index >= 15 is 0 Å². The summed E-state index contributed by atoms with van der Waals surface area (Å²) in [5.41, 5.74) is 2.75. The van der Waals surface area contributed by atoms with Crippen LogP contribution in [-0.4, -0.2) is 13.6 Å². The number of hydrogen-bond donors (Lipinski definition) is 1. The number of nitrogens with zero attached hydrogens (tertiary/aromatic N) is 1. The first-order valence-electron chi connectivity index (χ1n) is 8.83. The molecule has 4 rings (SSSR count). The summed E-state index contributed by atoms with van der Waals surface area (Å²) >= 11 is 1.44. The largest absolute Gasteiger partial charge is 0.356 e. The second kappa shape index (κ2) is 6.76. The van der Waals surface area contributed by atoms with Crippen molar-refractivity contribution < 1.29 is 12.9 Å². The summed E-state index contributed by atoms with van der Waals surface area (Å²) in [6, 6.07) is 13.3. The highest BCUT2D eigenvalue weighted by Gasteiger charge is 2.30. The zero-order valence-corrected chi connectivity index (χ0v) is 17.7. The molecule has 2 aromatic carbocycles. The van der Waals surface area contributed by atoms with Gasteiger partial charge in [0.25, 0.3) is 10.0 Å². The monoisotopic (exact) mass is 412 g/mol. The van der Waals surface area contributed by atoms with Gasteiger partial charge in [0.1, 0.15) is 4.90 Å². The van der Waals surface area contributed by atoms with E-state index in [9.17, 15) is 8.42 Å². The fraction of sp³-hybridized carbons (Fsp3) is 0.190. The first kappa shape index (κ1) is 18.7. The minimum absolute atomic E-state index is 0.252. The van der Waals surface area contributed by atoms with Gasteiger partial charge >= 0.3 is 0 Å². The highest BCUT2D eigenvalue weighted by molar-refractivity contribution is 7.93. The molecule has 0 saturated carbocycles. The van der Waals surface area contributed by atoms with Crippen LogP contribution in [0.1, 0.15) is 21.0 Å². The fourth-order valence-electron chi connectivity index (χ4n) is 3.41. The topological polar surface area (TPSA) is 72.2 Å². The lowest BCUT2D eigenvalue weighted by Gasteiger charge is -2.12. The SMILES string of the molecule is Cc1noc(-c2c(C)sc(C)c2S(=O)(=O)Nc2cccc3ccccc23)c1C. The lowest BCUT2D eigenvalue weighted by molar-refractivity contribution is 0.426. The van der Waals surface area contributed by atoms with Gasteiger partial charge in [-0.2, -0.15) is 0 Å². The molecule has 7 heteroatoms. The van der Waals surface area contributed by atoms with Crippen molar-refractivity contribution in [3.63, 3.8) is 0 Å². The number of aryl methyl sites for hydroxylation is 3. The van der Waals surface area contributed by atoms with Crippen LogP contribution in [0.3, 0.4) is 0 Å². The predicted octanol–water partition coefficient (Wildman–Crippen LogP) is 5.59. The van der Waals surface area contributed by atoms with Gasteiger partial charge < -0.3 is 4.52 Å². The Balaban J connectivity index is 1.88. The van der Waals surface area contributed by atoms with Crippen LogP contribution in [0.2, 0.25) is 0 Å². The number of anilines is 1. The van der Waals surface area contributed by atoms with Gasteiger partial charge in [0, 0.05) is 20.7 Å². The maximum atomic E-state index is 13.4. The minimum atomic E-state index is -3.83. The molecule has 0 atom stereocenters. The van der Waals surface area contributed by atoms with Crippen LogP contribution in [-0.2, 0) is 10.0 Å². The van der Waals surface area contributed by atoms with Crippen molar-refractivity contribution in [2.45, 2.75) is 32.6 Å². The molecule has 0 amide bonds. The van der Waals surface area contributed by atoms with Crippen LogP contribution in [0, 0.1) is 27.7 Å². The molecule has 2 heterocycles. The Bertz CT molecular complexity index is 1300. The molecule has 0 saturated heterocycles. The summed E-state index contributed by atoms with van der Waals surface area (Å²) in [5, 5.41) is 5.83. The van der Waals surface area contributed by atoms with Crippen molar-refractivity contribution in [3.05, 3.63) is 63.5 Å². The number of rotatable bonds is 4. The molecule has 0 aliphatic heterocycles. The standard InChI is InChI=1S/C21H20N2O3S2/c1-12-13(2)22-26-20(12)19-14(3)27-15(4)21(19)28(24,25)23-18-11-7-9-16-8-5-6-10-17(16)18/h5-11,23H,1-4H3. The van der Waals surface area contributed by atoms with Crippen LogP contribution in [0.25, 0.3) is 22.1 Å². The summed E-state index contributed by atoms with van der Waals surface area (Å²) in [4.78, 5) is 1.85. The maximum Gasteiger partial charge on any atom is 0.263 e. The molecular weight excluding hydrogens is 392 g/mol. The van der Waals surface area contributed by atoms with Crippen molar-refractivity contribution in [1.82, 2.24) is 5.16 Å². The van der Waals surface area contributed by atoms with E-state index < -0.39 is 10.0 Å². The van der Waals surface area contributed by atoms with E-state index in [2.05, 4.69) is 9.88 Å². The summed E-state index contributed by atoms with van der Waals surface area (Å²) < 4.78 is 35.1. The van der Waals surface area contributed by atoms with E-state index in [0.29, 0.717) is 21.9 Å². The molecule has 4 aromatic rings. The number of fused-ring (bicyclic) bond motifs is 1. The minimum Gasteiger partial charge on any atom is -0.356 e. The lowest BCUT2D eigenvalue weighted by atomic mass is 10.1. The number of sulfonamides is 1. The van der Waals surface area contributed by atoms with Crippen molar-refractivity contribution in [1.29, 1.82) is 0 Å². The molecule has 0 aliphatic rings. The van der Waals surface area contributed by atoms with Crippen LogP contribution >= 0.6 is 11.3 Å². The zero-order valence-electron chi connectivity index (χ0n) is 16.0. The Labute approximate surface area is 168 Å². The zero-order chi connectivity index (χ0) is 20.1. The fourth-order valence-corrected chi connectivity index (χ4v) is 6.34. The first-order valence-corrected chi connectivity index (χ1v) is 11.1. The van der Waals surface area contributed by atoms with Crippen LogP contribution in [0.5, 0.6) is 0 Å². The normalized spacial score (nSPS) is 11.9. The second-order valence-corrected chi connectivity index (χ2v) is 9.82. The molecule has 0 spiro atoms. The predicted molar refractivity (Wildman–Crippen MR) is 114 cm³/mol. The average molecular weight is 413 g/mol.